The molecule has 1 rings (SSSR count). The molecule has 104 valence electrons. The molecule has 1 heterocycles. The van der Waals surface area contributed by atoms with E-state index in [1.54, 1.807) is 4.90 Å². The summed E-state index contributed by atoms with van der Waals surface area (Å²) >= 11 is 0. The Morgan fingerprint density at radius 3 is 2.67 bits per heavy atom. The number of carbonyl (C=O) groups is 2. The molecule has 0 aromatic heterocycles. The SMILES string of the molecule is CCC1CCCCCN1C(=O)NC(CO)C(=O)O. The van der Waals surface area contributed by atoms with Crippen LogP contribution in [0.25, 0.3) is 0 Å². The van der Waals surface area contributed by atoms with E-state index in [4.69, 9.17) is 10.2 Å². The molecule has 0 radical (unpaired) electrons. The zero-order chi connectivity index (χ0) is 13.5. The highest BCUT2D eigenvalue weighted by Crippen LogP contribution is 2.19. The van der Waals surface area contributed by atoms with Crippen molar-refractivity contribution in [1.82, 2.24) is 10.2 Å². The summed E-state index contributed by atoms with van der Waals surface area (Å²) in [6.07, 6.45) is 4.97. The van der Waals surface area contributed by atoms with Crippen molar-refractivity contribution >= 4 is 12.0 Å². The predicted molar refractivity (Wildman–Crippen MR) is 66.3 cm³/mol. The molecule has 1 fully saturated rings. The van der Waals surface area contributed by atoms with Crippen LogP contribution in [0.3, 0.4) is 0 Å². The maximum Gasteiger partial charge on any atom is 0.328 e. The van der Waals surface area contributed by atoms with Crippen molar-refractivity contribution in [2.75, 3.05) is 13.2 Å². The molecule has 2 amide bonds. The number of hydrogen-bond acceptors (Lipinski definition) is 3. The fourth-order valence-electron chi connectivity index (χ4n) is 2.29. The van der Waals surface area contributed by atoms with E-state index < -0.39 is 18.6 Å². The Bertz CT molecular complexity index is 296. The Morgan fingerprint density at radius 1 is 1.39 bits per heavy atom. The van der Waals surface area contributed by atoms with Crippen LogP contribution in [0.1, 0.15) is 39.0 Å². The van der Waals surface area contributed by atoms with Gasteiger partial charge in [-0.25, -0.2) is 9.59 Å². The third-order valence-electron chi connectivity index (χ3n) is 3.39. The quantitative estimate of drug-likeness (QED) is 0.695. The number of urea groups is 1. The molecule has 2 atom stereocenters. The standard InChI is InChI=1S/C12H22N2O4/c1-2-9-6-4-3-5-7-14(9)12(18)13-10(8-15)11(16)17/h9-10,15H,2-8H2,1H3,(H,13,18)(H,16,17). The Hall–Kier alpha value is -1.30. The highest BCUT2D eigenvalue weighted by Gasteiger charge is 2.27. The van der Waals surface area contributed by atoms with Crippen molar-refractivity contribution in [3.05, 3.63) is 0 Å². The molecule has 1 aliphatic rings. The normalized spacial score (nSPS) is 22.1. The van der Waals surface area contributed by atoms with Gasteiger partial charge in [0.05, 0.1) is 6.61 Å². The molecule has 18 heavy (non-hydrogen) atoms. The minimum absolute atomic E-state index is 0.167. The predicted octanol–water partition coefficient (Wildman–Crippen LogP) is 0.796. The number of aliphatic hydroxyl groups excluding tert-OH is 1. The topological polar surface area (TPSA) is 89.9 Å². The molecule has 1 aliphatic heterocycles. The van der Waals surface area contributed by atoms with Crippen LogP contribution >= 0.6 is 0 Å². The first-order valence-electron chi connectivity index (χ1n) is 6.51. The van der Waals surface area contributed by atoms with Crippen LogP contribution in [0, 0.1) is 0 Å². The Balaban J connectivity index is 2.64. The summed E-state index contributed by atoms with van der Waals surface area (Å²) < 4.78 is 0. The Kier molecular flexibility index (Phi) is 5.91. The second-order valence-electron chi connectivity index (χ2n) is 4.63. The number of aliphatic hydroxyl groups is 1. The molecule has 0 bridgehead atoms. The van der Waals surface area contributed by atoms with Gasteiger partial charge in [0.25, 0.3) is 0 Å². The number of hydrogen-bond donors (Lipinski definition) is 3. The van der Waals surface area contributed by atoms with Gasteiger partial charge >= 0.3 is 12.0 Å². The van der Waals surface area contributed by atoms with E-state index in [0.29, 0.717) is 6.54 Å². The van der Waals surface area contributed by atoms with Gasteiger partial charge in [-0.2, -0.15) is 0 Å². The van der Waals surface area contributed by atoms with Gasteiger partial charge < -0.3 is 20.4 Å². The van der Waals surface area contributed by atoms with Crippen molar-refractivity contribution < 1.29 is 19.8 Å². The molecule has 0 aliphatic carbocycles. The average molecular weight is 258 g/mol. The smallest absolute Gasteiger partial charge is 0.328 e. The number of likely N-dealkylation sites (tertiary alicyclic amines) is 1. The summed E-state index contributed by atoms with van der Waals surface area (Å²) in [5.74, 6) is -1.21. The molecule has 6 nitrogen and oxygen atoms in total. The lowest BCUT2D eigenvalue weighted by molar-refractivity contribution is -0.140. The number of amides is 2. The first-order chi connectivity index (χ1) is 8.60. The third-order valence-corrected chi connectivity index (χ3v) is 3.39. The van der Waals surface area contributed by atoms with Gasteiger partial charge in [-0.05, 0) is 19.3 Å². The van der Waals surface area contributed by atoms with Crippen LogP contribution in [0.5, 0.6) is 0 Å². The minimum atomic E-state index is -1.22. The number of nitrogens with zero attached hydrogens (tertiary/aromatic N) is 1. The van der Waals surface area contributed by atoms with Crippen molar-refractivity contribution in [3.8, 4) is 0 Å². The Labute approximate surface area is 107 Å². The second-order valence-corrected chi connectivity index (χ2v) is 4.63. The molecule has 0 spiro atoms. The van der Waals surface area contributed by atoms with E-state index in [9.17, 15) is 9.59 Å². The summed E-state index contributed by atoms with van der Waals surface area (Å²) in [4.78, 5) is 24.5. The van der Waals surface area contributed by atoms with Gasteiger partial charge in [-0.3, -0.25) is 0 Å². The van der Waals surface area contributed by atoms with Gasteiger partial charge in [0.2, 0.25) is 0 Å². The maximum absolute atomic E-state index is 12.0. The summed E-state index contributed by atoms with van der Waals surface area (Å²) in [6.45, 7) is 2.09. The molecule has 3 N–H and O–H groups in total. The van der Waals surface area contributed by atoms with Crippen LogP contribution in [0.4, 0.5) is 4.79 Å². The van der Waals surface area contributed by atoms with Crippen molar-refractivity contribution in [2.24, 2.45) is 0 Å². The number of rotatable bonds is 4. The summed E-state index contributed by atoms with van der Waals surface area (Å²) in [5.41, 5.74) is 0. The van der Waals surface area contributed by atoms with Crippen molar-refractivity contribution in [2.45, 2.75) is 51.1 Å². The number of aliphatic carboxylic acids is 1. The fraction of sp³-hybridized carbons (Fsp3) is 0.833. The lowest BCUT2D eigenvalue weighted by Crippen LogP contribution is -2.52. The van der Waals surface area contributed by atoms with Crippen LogP contribution in [-0.2, 0) is 4.79 Å². The summed E-state index contributed by atoms with van der Waals surface area (Å²) in [7, 11) is 0. The third kappa shape index (κ3) is 3.87. The lowest BCUT2D eigenvalue weighted by atomic mass is 10.1. The van der Waals surface area contributed by atoms with Crippen molar-refractivity contribution in [1.29, 1.82) is 0 Å². The first-order valence-corrected chi connectivity index (χ1v) is 6.51. The molecule has 0 aromatic rings. The highest BCUT2D eigenvalue weighted by atomic mass is 16.4. The van der Waals surface area contributed by atoms with E-state index in [2.05, 4.69) is 5.32 Å². The van der Waals surface area contributed by atoms with Crippen LogP contribution in [-0.4, -0.2) is 52.3 Å². The second kappa shape index (κ2) is 7.20. The van der Waals surface area contributed by atoms with Crippen LogP contribution in [0.15, 0.2) is 0 Å². The van der Waals surface area contributed by atoms with Gasteiger partial charge in [0.15, 0.2) is 6.04 Å². The fourth-order valence-corrected chi connectivity index (χ4v) is 2.29. The molecule has 0 aromatic carbocycles. The van der Waals surface area contributed by atoms with Gasteiger partial charge in [-0.15, -0.1) is 0 Å². The van der Waals surface area contributed by atoms with E-state index in [1.807, 2.05) is 6.92 Å². The van der Waals surface area contributed by atoms with Crippen molar-refractivity contribution in [3.63, 3.8) is 0 Å². The van der Waals surface area contributed by atoms with E-state index in [1.165, 1.54) is 0 Å². The first kappa shape index (κ1) is 14.8. The molecular formula is C12H22N2O4. The Morgan fingerprint density at radius 2 is 2.11 bits per heavy atom. The van der Waals surface area contributed by atoms with E-state index in [0.717, 1.165) is 32.1 Å². The maximum atomic E-state index is 12.0. The van der Waals surface area contributed by atoms with E-state index >= 15 is 0 Å². The molecular weight excluding hydrogens is 236 g/mol. The number of carbonyl (C=O) groups excluding carboxylic acids is 1. The monoisotopic (exact) mass is 258 g/mol. The van der Waals surface area contributed by atoms with E-state index in [-0.39, 0.29) is 12.1 Å². The molecule has 6 heteroatoms. The summed E-state index contributed by atoms with van der Waals surface area (Å²) in [5, 5.41) is 20.1. The highest BCUT2D eigenvalue weighted by molar-refractivity contribution is 5.82. The summed E-state index contributed by atoms with van der Waals surface area (Å²) in [6, 6.07) is -1.44. The van der Waals surface area contributed by atoms with Gasteiger partial charge in [0.1, 0.15) is 0 Å². The zero-order valence-corrected chi connectivity index (χ0v) is 10.8. The van der Waals surface area contributed by atoms with Gasteiger partial charge in [0, 0.05) is 12.6 Å². The number of carboxylic acids is 1. The zero-order valence-electron chi connectivity index (χ0n) is 10.8. The molecule has 2 unspecified atom stereocenters. The lowest BCUT2D eigenvalue weighted by Gasteiger charge is -2.30. The average Bonchev–Trinajstić information content (AvgIpc) is 2.60. The number of carboxylic acid groups (broad SMARTS) is 1. The van der Waals surface area contributed by atoms with Gasteiger partial charge in [-0.1, -0.05) is 19.8 Å². The molecule has 0 saturated carbocycles. The minimum Gasteiger partial charge on any atom is -0.480 e. The molecule has 1 saturated heterocycles. The largest absolute Gasteiger partial charge is 0.480 e. The van der Waals surface area contributed by atoms with Crippen LogP contribution < -0.4 is 5.32 Å². The van der Waals surface area contributed by atoms with Crippen LogP contribution in [0.2, 0.25) is 0 Å². The number of nitrogens with one attached hydrogen (secondary N) is 1.